The first-order chi connectivity index (χ1) is 4.88. The van der Waals surface area contributed by atoms with Gasteiger partial charge in [-0.1, -0.05) is 12.1 Å². The van der Waals surface area contributed by atoms with E-state index < -0.39 is 5.95 Å². The molecule has 0 fully saturated rings. The van der Waals surface area contributed by atoms with Gasteiger partial charge in [0.05, 0.1) is 5.39 Å². The smallest absolute Gasteiger partial charge is 0.261 e. The zero-order valence-electron chi connectivity index (χ0n) is 5.04. The lowest BCUT2D eigenvalue weighted by molar-refractivity contribution is 0.400. The number of fused-ring (bicyclic) bond motifs is 1. The number of rotatable bonds is 0. The molecule has 50 valence electrons. The molecule has 0 unspecified atom stereocenters. The van der Waals surface area contributed by atoms with E-state index in [0.29, 0.717) is 11.0 Å². The minimum absolute atomic E-state index is 0.433. The lowest BCUT2D eigenvalue weighted by Gasteiger charge is -1.80. The summed E-state index contributed by atoms with van der Waals surface area (Å²) in [5.41, 5.74) is 0.486. The maximum atomic E-state index is 12.5. The number of aromatic nitrogens is 1. The molecule has 0 atom stereocenters. The highest BCUT2D eigenvalue weighted by Gasteiger charge is 2.03. The van der Waals surface area contributed by atoms with E-state index in [1.165, 1.54) is 0 Å². The van der Waals surface area contributed by atoms with Crippen LogP contribution in [0.1, 0.15) is 0 Å². The van der Waals surface area contributed by atoms with Crippen LogP contribution in [0, 0.1) is 5.95 Å². The molecule has 0 aliphatic carbocycles. The zero-order chi connectivity index (χ0) is 6.97. The molecule has 0 N–H and O–H groups in total. The van der Waals surface area contributed by atoms with Gasteiger partial charge in [-0.25, -0.2) is 0 Å². The van der Waals surface area contributed by atoms with E-state index in [1.807, 2.05) is 0 Å². The van der Waals surface area contributed by atoms with Crippen molar-refractivity contribution in [3.63, 3.8) is 0 Å². The van der Waals surface area contributed by atoms with Crippen molar-refractivity contribution >= 4 is 11.0 Å². The van der Waals surface area contributed by atoms with Gasteiger partial charge in [0.25, 0.3) is 5.95 Å². The average molecular weight is 137 g/mol. The van der Waals surface area contributed by atoms with Gasteiger partial charge in [0.1, 0.15) is 0 Å². The number of nitrogens with zero attached hydrogens (tertiary/aromatic N) is 1. The minimum atomic E-state index is -0.546. The van der Waals surface area contributed by atoms with Crippen LogP contribution in [0.2, 0.25) is 0 Å². The first kappa shape index (κ1) is 5.41. The third-order valence-corrected chi connectivity index (χ3v) is 1.33. The van der Waals surface area contributed by atoms with Crippen LogP contribution in [-0.2, 0) is 0 Å². The Bertz CT molecular complexity index is 355. The van der Waals surface area contributed by atoms with E-state index in [4.69, 9.17) is 0 Å². The van der Waals surface area contributed by atoms with E-state index in [9.17, 15) is 4.39 Å². The van der Waals surface area contributed by atoms with Crippen LogP contribution in [0.5, 0.6) is 0 Å². The first-order valence-electron chi connectivity index (χ1n) is 2.88. The lowest BCUT2D eigenvalue weighted by Crippen LogP contribution is -1.68. The summed E-state index contributed by atoms with van der Waals surface area (Å²) in [5, 5.41) is 3.59. The Balaban J connectivity index is 2.93. The van der Waals surface area contributed by atoms with Crippen molar-refractivity contribution in [3.8, 4) is 0 Å². The number of para-hydroxylation sites is 1. The maximum Gasteiger partial charge on any atom is 0.261 e. The topological polar surface area (TPSA) is 26.0 Å². The molecule has 2 nitrogen and oxygen atoms in total. The van der Waals surface area contributed by atoms with Crippen LogP contribution < -0.4 is 0 Å². The van der Waals surface area contributed by atoms with Gasteiger partial charge in [-0.2, -0.15) is 4.39 Å². The zero-order valence-corrected chi connectivity index (χ0v) is 5.04. The SMILES string of the molecule is Fc1noc2ccccc12. The Kier molecular flexibility index (Phi) is 0.974. The second kappa shape index (κ2) is 1.80. The van der Waals surface area contributed by atoms with Crippen molar-refractivity contribution in [1.29, 1.82) is 0 Å². The van der Waals surface area contributed by atoms with Crippen molar-refractivity contribution in [1.82, 2.24) is 5.16 Å². The van der Waals surface area contributed by atoms with Crippen molar-refractivity contribution in [3.05, 3.63) is 30.2 Å². The second-order valence-corrected chi connectivity index (χ2v) is 1.97. The Morgan fingerprint density at radius 2 is 2.10 bits per heavy atom. The third-order valence-electron chi connectivity index (χ3n) is 1.33. The molecule has 0 saturated heterocycles. The van der Waals surface area contributed by atoms with Crippen LogP contribution in [0.4, 0.5) is 4.39 Å². The molecule has 2 aromatic rings. The fourth-order valence-corrected chi connectivity index (χ4v) is 0.855. The predicted octanol–water partition coefficient (Wildman–Crippen LogP) is 1.97. The molecule has 0 radical (unpaired) electrons. The Hall–Kier alpha value is -1.38. The summed E-state index contributed by atoms with van der Waals surface area (Å²) in [6.45, 7) is 0. The van der Waals surface area contributed by atoms with E-state index >= 15 is 0 Å². The van der Waals surface area contributed by atoms with E-state index in [0.717, 1.165) is 0 Å². The van der Waals surface area contributed by atoms with Gasteiger partial charge in [0.15, 0.2) is 5.58 Å². The molecule has 0 bridgehead atoms. The maximum absolute atomic E-state index is 12.5. The van der Waals surface area contributed by atoms with Crippen molar-refractivity contribution < 1.29 is 8.91 Å². The standard InChI is InChI=1S/C7H4FNO/c8-7-5-3-1-2-4-6(5)10-9-7/h1-4H. The molecule has 3 heteroatoms. The number of hydrogen-bond acceptors (Lipinski definition) is 2. The third kappa shape index (κ3) is 0.603. The lowest BCUT2D eigenvalue weighted by atomic mass is 10.3. The summed E-state index contributed by atoms with van der Waals surface area (Å²) in [7, 11) is 0. The molecule has 0 aliphatic heterocycles. The van der Waals surface area contributed by atoms with Gasteiger partial charge in [0, 0.05) is 0 Å². The summed E-state index contributed by atoms with van der Waals surface area (Å²) in [5.74, 6) is -0.546. The summed E-state index contributed by atoms with van der Waals surface area (Å²) in [6.07, 6.45) is 0. The van der Waals surface area contributed by atoms with Crippen LogP contribution in [0.15, 0.2) is 28.8 Å². The first-order valence-corrected chi connectivity index (χ1v) is 2.88. The van der Waals surface area contributed by atoms with Crippen molar-refractivity contribution in [2.45, 2.75) is 0 Å². The minimum Gasteiger partial charge on any atom is -0.353 e. The van der Waals surface area contributed by atoms with Crippen molar-refractivity contribution in [2.75, 3.05) is 0 Å². The Morgan fingerprint density at radius 1 is 1.30 bits per heavy atom. The molecular formula is C7H4FNO. The highest BCUT2D eigenvalue weighted by Crippen LogP contribution is 2.15. The summed E-state index contributed by atoms with van der Waals surface area (Å²) < 4.78 is 17.2. The van der Waals surface area contributed by atoms with Gasteiger partial charge in [-0.05, 0) is 17.3 Å². The van der Waals surface area contributed by atoms with Crippen LogP contribution >= 0.6 is 0 Å². The average Bonchev–Trinajstić information content (AvgIpc) is 2.34. The number of halogens is 1. The van der Waals surface area contributed by atoms with Crippen LogP contribution in [0.25, 0.3) is 11.0 Å². The molecule has 10 heavy (non-hydrogen) atoms. The normalized spacial score (nSPS) is 10.5. The Morgan fingerprint density at radius 3 is 2.90 bits per heavy atom. The quantitative estimate of drug-likeness (QED) is 0.554. The molecule has 1 aromatic heterocycles. The summed E-state index contributed by atoms with van der Waals surface area (Å²) in [4.78, 5) is 0. The summed E-state index contributed by atoms with van der Waals surface area (Å²) in [6, 6.07) is 6.81. The highest BCUT2D eigenvalue weighted by molar-refractivity contribution is 5.75. The van der Waals surface area contributed by atoms with Crippen molar-refractivity contribution in [2.24, 2.45) is 0 Å². The van der Waals surface area contributed by atoms with Gasteiger partial charge >= 0.3 is 0 Å². The van der Waals surface area contributed by atoms with Gasteiger partial charge in [-0.3, -0.25) is 0 Å². The van der Waals surface area contributed by atoms with Crippen LogP contribution in [0.3, 0.4) is 0 Å². The van der Waals surface area contributed by atoms with Gasteiger partial charge in [0.2, 0.25) is 0 Å². The molecule has 1 heterocycles. The largest absolute Gasteiger partial charge is 0.353 e. The Labute approximate surface area is 56.2 Å². The van der Waals surface area contributed by atoms with E-state index in [-0.39, 0.29) is 0 Å². The fraction of sp³-hybridized carbons (Fsp3) is 0. The van der Waals surface area contributed by atoms with E-state index in [2.05, 4.69) is 9.68 Å². The molecule has 0 amide bonds. The second-order valence-electron chi connectivity index (χ2n) is 1.97. The monoisotopic (exact) mass is 137 g/mol. The van der Waals surface area contributed by atoms with Gasteiger partial charge < -0.3 is 4.52 Å². The number of hydrogen-bond donors (Lipinski definition) is 0. The molecular weight excluding hydrogens is 133 g/mol. The fourth-order valence-electron chi connectivity index (χ4n) is 0.855. The van der Waals surface area contributed by atoms with Gasteiger partial charge in [-0.15, -0.1) is 0 Å². The predicted molar refractivity (Wildman–Crippen MR) is 34.0 cm³/mol. The molecule has 0 aliphatic rings. The van der Waals surface area contributed by atoms with E-state index in [1.54, 1.807) is 24.3 Å². The number of benzene rings is 1. The molecule has 0 spiro atoms. The molecule has 1 aromatic carbocycles. The van der Waals surface area contributed by atoms with Crippen LogP contribution in [-0.4, -0.2) is 5.16 Å². The summed E-state index contributed by atoms with van der Waals surface area (Å²) >= 11 is 0. The molecule has 0 saturated carbocycles. The molecule has 2 rings (SSSR count). The highest BCUT2D eigenvalue weighted by atomic mass is 19.1.